The Kier molecular flexibility index (Phi) is 4.59. The number of amides is 1. The normalized spacial score (nSPS) is 12.4. The van der Waals surface area contributed by atoms with Gasteiger partial charge in [0.05, 0.1) is 5.41 Å². The SMILES string of the molecule is Cc1cc(CNC(=O)C(C)(C)C(C)(C)N)cc(C)c1F. The van der Waals surface area contributed by atoms with Crippen LogP contribution in [-0.2, 0) is 11.3 Å². The number of aryl methyl sites for hydroxylation is 2. The van der Waals surface area contributed by atoms with Crippen molar-refractivity contribution in [1.82, 2.24) is 5.32 Å². The molecule has 0 radical (unpaired) electrons. The van der Waals surface area contributed by atoms with Crippen LogP contribution in [0.3, 0.4) is 0 Å². The number of carbonyl (C=O) groups excluding carboxylic acids is 1. The maximum absolute atomic E-state index is 13.6. The summed E-state index contributed by atoms with van der Waals surface area (Å²) in [5.74, 6) is -0.298. The van der Waals surface area contributed by atoms with E-state index in [2.05, 4.69) is 5.32 Å². The van der Waals surface area contributed by atoms with E-state index < -0.39 is 11.0 Å². The van der Waals surface area contributed by atoms with Crippen molar-refractivity contribution in [2.24, 2.45) is 11.1 Å². The third-order valence-electron chi connectivity index (χ3n) is 4.13. The summed E-state index contributed by atoms with van der Waals surface area (Å²) in [6.45, 7) is 11.1. The lowest BCUT2D eigenvalue weighted by atomic mass is 9.74. The van der Waals surface area contributed by atoms with E-state index in [4.69, 9.17) is 5.73 Å². The number of nitrogens with one attached hydrogen (secondary N) is 1. The minimum atomic E-state index is -0.683. The fraction of sp³-hybridized carbons (Fsp3) is 0.562. The number of carbonyl (C=O) groups is 1. The molecule has 3 N–H and O–H groups in total. The standard InChI is InChI=1S/C16H25FN2O/c1-10-7-12(8-11(2)13(10)17)9-19-14(20)15(3,4)16(5,6)18/h7-8H,9,18H2,1-6H3,(H,19,20). The number of nitrogens with two attached hydrogens (primary N) is 1. The highest BCUT2D eigenvalue weighted by Gasteiger charge is 2.40. The largest absolute Gasteiger partial charge is 0.352 e. The maximum Gasteiger partial charge on any atom is 0.227 e. The molecule has 112 valence electrons. The van der Waals surface area contributed by atoms with Gasteiger partial charge in [-0.2, -0.15) is 0 Å². The molecule has 0 heterocycles. The predicted octanol–water partition coefficient (Wildman–Crippen LogP) is 2.82. The summed E-state index contributed by atoms with van der Waals surface area (Å²) < 4.78 is 13.6. The lowest BCUT2D eigenvalue weighted by Gasteiger charge is -2.36. The summed E-state index contributed by atoms with van der Waals surface area (Å²) in [7, 11) is 0. The number of hydrogen-bond donors (Lipinski definition) is 2. The molecule has 20 heavy (non-hydrogen) atoms. The van der Waals surface area contributed by atoms with Gasteiger partial charge in [0.2, 0.25) is 5.91 Å². The van der Waals surface area contributed by atoms with Gasteiger partial charge in [0.1, 0.15) is 5.82 Å². The zero-order chi connectivity index (χ0) is 15.7. The minimum absolute atomic E-state index is 0.107. The van der Waals surface area contributed by atoms with Gasteiger partial charge in [-0.25, -0.2) is 4.39 Å². The highest BCUT2D eigenvalue weighted by molar-refractivity contribution is 5.83. The van der Waals surface area contributed by atoms with Crippen LogP contribution in [0.25, 0.3) is 0 Å². The Morgan fingerprint density at radius 2 is 1.65 bits per heavy atom. The molecule has 0 fully saturated rings. The van der Waals surface area contributed by atoms with Gasteiger partial charge in [-0.15, -0.1) is 0 Å². The average Bonchev–Trinajstić information content (AvgIpc) is 2.31. The Hall–Kier alpha value is -1.42. The maximum atomic E-state index is 13.6. The molecule has 0 unspecified atom stereocenters. The van der Waals surface area contributed by atoms with E-state index >= 15 is 0 Å². The number of benzene rings is 1. The molecule has 3 nitrogen and oxygen atoms in total. The second-order valence-electron chi connectivity index (χ2n) is 6.57. The molecule has 0 spiro atoms. The summed E-state index contributed by atoms with van der Waals surface area (Å²) in [6, 6.07) is 3.51. The third kappa shape index (κ3) is 3.37. The molecular weight excluding hydrogens is 255 g/mol. The first-order valence-electron chi connectivity index (χ1n) is 6.79. The third-order valence-corrected chi connectivity index (χ3v) is 4.13. The molecule has 0 aliphatic rings. The Morgan fingerprint density at radius 1 is 1.20 bits per heavy atom. The van der Waals surface area contributed by atoms with Crippen LogP contribution in [0.1, 0.15) is 44.4 Å². The average molecular weight is 280 g/mol. The van der Waals surface area contributed by atoms with Gasteiger partial charge in [-0.1, -0.05) is 12.1 Å². The van der Waals surface area contributed by atoms with Crippen molar-refractivity contribution >= 4 is 5.91 Å². The molecule has 1 amide bonds. The Morgan fingerprint density at radius 3 is 2.05 bits per heavy atom. The van der Waals surface area contributed by atoms with Gasteiger partial charge >= 0.3 is 0 Å². The van der Waals surface area contributed by atoms with Crippen molar-refractivity contribution in [3.05, 3.63) is 34.6 Å². The monoisotopic (exact) mass is 280 g/mol. The van der Waals surface area contributed by atoms with Crippen LogP contribution in [0, 0.1) is 25.1 Å². The predicted molar refractivity (Wildman–Crippen MR) is 79.8 cm³/mol. The number of rotatable bonds is 4. The fourth-order valence-electron chi connectivity index (χ4n) is 1.83. The van der Waals surface area contributed by atoms with E-state index in [0.29, 0.717) is 17.7 Å². The van der Waals surface area contributed by atoms with Crippen LogP contribution in [-0.4, -0.2) is 11.4 Å². The summed E-state index contributed by atoms with van der Waals surface area (Å²) in [6.07, 6.45) is 0. The van der Waals surface area contributed by atoms with Crippen LogP contribution in [0.2, 0.25) is 0 Å². The van der Waals surface area contributed by atoms with E-state index in [1.165, 1.54) is 0 Å². The van der Waals surface area contributed by atoms with Crippen LogP contribution >= 0.6 is 0 Å². The molecule has 0 saturated heterocycles. The summed E-state index contributed by atoms with van der Waals surface area (Å²) in [5.41, 5.74) is 6.81. The smallest absolute Gasteiger partial charge is 0.227 e. The molecule has 0 saturated carbocycles. The van der Waals surface area contributed by atoms with E-state index in [1.807, 2.05) is 27.7 Å². The van der Waals surface area contributed by atoms with Crippen molar-refractivity contribution in [2.45, 2.75) is 53.6 Å². The van der Waals surface area contributed by atoms with Gasteiger partial charge in [-0.05, 0) is 58.2 Å². The van der Waals surface area contributed by atoms with E-state index in [0.717, 1.165) is 5.56 Å². The molecule has 4 heteroatoms. The second-order valence-corrected chi connectivity index (χ2v) is 6.57. The van der Waals surface area contributed by atoms with Crippen LogP contribution in [0.15, 0.2) is 12.1 Å². The van der Waals surface area contributed by atoms with Crippen molar-refractivity contribution in [3.8, 4) is 0 Å². The molecule has 0 bridgehead atoms. The minimum Gasteiger partial charge on any atom is -0.352 e. The fourth-order valence-corrected chi connectivity index (χ4v) is 1.83. The van der Waals surface area contributed by atoms with E-state index in [9.17, 15) is 9.18 Å². The van der Waals surface area contributed by atoms with Crippen molar-refractivity contribution < 1.29 is 9.18 Å². The van der Waals surface area contributed by atoms with E-state index in [1.54, 1.807) is 26.0 Å². The highest BCUT2D eigenvalue weighted by atomic mass is 19.1. The van der Waals surface area contributed by atoms with Crippen LogP contribution < -0.4 is 11.1 Å². The first kappa shape index (κ1) is 16.6. The van der Waals surface area contributed by atoms with Crippen molar-refractivity contribution in [1.29, 1.82) is 0 Å². The summed E-state index contributed by atoms with van der Waals surface area (Å²) in [4.78, 5) is 12.3. The first-order valence-corrected chi connectivity index (χ1v) is 6.79. The van der Waals surface area contributed by atoms with Gasteiger partial charge in [0, 0.05) is 12.1 Å². The van der Waals surface area contributed by atoms with Crippen molar-refractivity contribution in [3.63, 3.8) is 0 Å². The molecule has 0 atom stereocenters. The lowest BCUT2D eigenvalue weighted by molar-refractivity contribution is -0.132. The number of hydrogen-bond acceptors (Lipinski definition) is 2. The van der Waals surface area contributed by atoms with Gasteiger partial charge in [0.15, 0.2) is 0 Å². The van der Waals surface area contributed by atoms with Crippen LogP contribution in [0.5, 0.6) is 0 Å². The van der Waals surface area contributed by atoms with Crippen molar-refractivity contribution in [2.75, 3.05) is 0 Å². The van der Waals surface area contributed by atoms with Gasteiger partial charge in [-0.3, -0.25) is 4.79 Å². The highest BCUT2D eigenvalue weighted by Crippen LogP contribution is 2.28. The molecule has 1 aromatic rings. The second kappa shape index (κ2) is 5.52. The first-order chi connectivity index (χ1) is 8.96. The molecule has 0 aliphatic carbocycles. The van der Waals surface area contributed by atoms with Gasteiger partial charge in [0.25, 0.3) is 0 Å². The molecule has 0 aromatic heterocycles. The molecule has 1 aromatic carbocycles. The Labute approximate surface area is 120 Å². The van der Waals surface area contributed by atoms with Crippen LogP contribution in [0.4, 0.5) is 4.39 Å². The van der Waals surface area contributed by atoms with E-state index in [-0.39, 0.29) is 11.7 Å². The zero-order valence-electron chi connectivity index (χ0n) is 13.2. The Balaban J connectivity index is 2.81. The lowest BCUT2D eigenvalue weighted by Crippen LogP contribution is -2.55. The number of halogens is 1. The topological polar surface area (TPSA) is 55.1 Å². The molecule has 0 aliphatic heterocycles. The Bertz CT molecular complexity index is 493. The quantitative estimate of drug-likeness (QED) is 0.891. The molecule has 1 rings (SSSR count). The summed E-state index contributed by atoms with van der Waals surface area (Å²) >= 11 is 0. The zero-order valence-corrected chi connectivity index (χ0v) is 13.2. The van der Waals surface area contributed by atoms with Gasteiger partial charge < -0.3 is 11.1 Å². The summed E-state index contributed by atoms with van der Waals surface area (Å²) in [5, 5.41) is 2.88. The molecular formula is C16H25FN2O.